The predicted molar refractivity (Wildman–Crippen MR) is 82.7 cm³/mol. The molecule has 8 heteroatoms. The van der Waals surface area contributed by atoms with E-state index >= 15 is 0 Å². The second-order valence-corrected chi connectivity index (χ2v) is 7.09. The fourth-order valence-electron chi connectivity index (χ4n) is 2.14. The lowest BCUT2D eigenvalue weighted by atomic mass is 10.2. The van der Waals surface area contributed by atoms with Crippen LogP contribution < -0.4 is 14.8 Å². The van der Waals surface area contributed by atoms with Crippen molar-refractivity contribution >= 4 is 21.6 Å². The molecule has 7 nitrogen and oxygen atoms in total. The largest absolute Gasteiger partial charge is 0.493 e. The first-order valence-corrected chi connectivity index (χ1v) is 8.68. The number of amides is 1. The number of sulfonamides is 1. The van der Waals surface area contributed by atoms with Crippen LogP contribution in [0.5, 0.6) is 11.5 Å². The van der Waals surface area contributed by atoms with Gasteiger partial charge in [-0.1, -0.05) is 0 Å². The highest BCUT2D eigenvalue weighted by atomic mass is 32.2. The van der Waals surface area contributed by atoms with Crippen molar-refractivity contribution in [2.45, 2.75) is 18.9 Å². The first-order chi connectivity index (χ1) is 10.3. The molecule has 1 aliphatic carbocycles. The topological polar surface area (TPSA) is 84.9 Å². The van der Waals surface area contributed by atoms with Crippen LogP contribution in [0.3, 0.4) is 0 Å². The summed E-state index contributed by atoms with van der Waals surface area (Å²) in [6, 6.07) is 4.91. The molecule has 1 aliphatic rings. The van der Waals surface area contributed by atoms with Gasteiger partial charge >= 0.3 is 0 Å². The number of hydrogen-bond donors (Lipinski definition) is 1. The first-order valence-electron chi connectivity index (χ1n) is 6.84. The van der Waals surface area contributed by atoms with Gasteiger partial charge in [0, 0.05) is 17.8 Å². The van der Waals surface area contributed by atoms with E-state index in [-0.39, 0.29) is 18.5 Å². The minimum Gasteiger partial charge on any atom is -0.493 e. The molecule has 0 aliphatic heterocycles. The van der Waals surface area contributed by atoms with Gasteiger partial charge in [-0.25, -0.2) is 8.42 Å². The van der Waals surface area contributed by atoms with Crippen molar-refractivity contribution in [1.82, 2.24) is 4.31 Å². The second kappa shape index (κ2) is 6.53. The molecule has 1 aromatic rings. The van der Waals surface area contributed by atoms with E-state index in [2.05, 4.69) is 5.32 Å². The summed E-state index contributed by atoms with van der Waals surface area (Å²) >= 11 is 0. The number of carbonyl (C=O) groups excluding carboxylic acids is 1. The van der Waals surface area contributed by atoms with Crippen LogP contribution in [0.15, 0.2) is 18.2 Å². The zero-order valence-electron chi connectivity index (χ0n) is 12.8. The monoisotopic (exact) mass is 328 g/mol. The van der Waals surface area contributed by atoms with Crippen LogP contribution in [0.1, 0.15) is 12.8 Å². The van der Waals surface area contributed by atoms with Gasteiger partial charge in [-0.2, -0.15) is 4.31 Å². The van der Waals surface area contributed by atoms with Gasteiger partial charge in [0.25, 0.3) is 0 Å². The smallest absolute Gasteiger partial charge is 0.239 e. The van der Waals surface area contributed by atoms with Crippen molar-refractivity contribution in [3.8, 4) is 11.5 Å². The molecule has 0 heterocycles. The lowest BCUT2D eigenvalue weighted by Gasteiger charge is -2.19. The van der Waals surface area contributed by atoms with E-state index < -0.39 is 10.0 Å². The van der Waals surface area contributed by atoms with E-state index in [1.807, 2.05) is 0 Å². The number of nitrogens with one attached hydrogen (secondary N) is 1. The summed E-state index contributed by atoms with van der Waals surface area (Å²) in [4.78, 5) is 12.1. The van der Waals surface area contributed by atoms with Crippen molar-refractivity contribution in [2.24, 2.45) is 0 Å². The fraction of sp³-hybridized carbons (Fsp3) is 0.500. The van der Waals surface area contributed by atoms with E-state index in [4.69, 9.17) is 9.47 Å². The SMILES string of the molecule is COc1ccc(NC(=O)CN(C2CC2)S(C)(=O)=O)cc1OC. The number of methoxy groups -OCH3 is 2. The Kier molecular flexibility index (Phi) is 4.92. The van der Waals surface area contributed by atoms with Crippen molar-refractivity contribution in [1.29, 1.82) is 0 Å². The maximum atomic E-state index is 12.1. The second-order valence-electron chi connectivity index (χ2n) is 5.16. The molecular weight excluding hydrogens is 308 g/mol. The average molecular weight is 328 g/mol. The van der Waals surface area contributed by atoms with Gasteiger partial charge in [0.05, 0.1) is 27.0 Å². The molecule has 1 N–H and O–H groups in total. The third kappa shape index (κ3) is 4.11. The maximum Gasteiger partial charge on any atom is 0.239 e. The van der Waals surface area contributed by atoms with E-state index in [9.17, 15) is 13.2 Å². The van der Waals surface area contributed by atoms with Crippen molar-refractivity contribution in [3.63, 3.8) is 0 Å². The van der Waals surface area contributed by atoms with Gasteiger partial charge in [0.15, 0.2) is 11.5 Å². The van der Waals surface area contributed by atoms with Gasteiger partial charge in [0.1, 0.15) is 0 Å². The summed E-state index contributed by atoms with van der Waals surface area (Å²) < 4.78 is 34.9. The molecule has 1 saturated carbocycles. The third-order valence-electron chi connectivity index (χ3n) is 3.35. The average Bonchev–Trinajstić information content (AvgIpc) is 3.27. The minimum atomic E-state index is -3.38. The molecule has 1 aromatic carbocycles. The van der Waals surface area contributed by atoms with Crippen LogP contribution >= 0.6 is 0 Å². The van der Waals surface area contributed by atoms with Crippen molar-refractivity contribution in [3.05, 3.63) is 18.2 Å². The number of hydrogen-bond acceptors (Lipinski definition) is 5. The Morgan fingerprint density at radius 1 is 1.27 bits per heavy atom. The molecule has 0 radical (unpaired) electrons. The Morgan fingerprint density at radius 2 is 1.91 bits per heavy atom. The van der Waals surface area contributed by atoms with Crippen LogP contribution in [0, 0.1) is 0 Å². The van der Waals surface area contributed by atoms with Gasteiger partial charge in [-0.3, -0.25) is 4.79 Å². The summed E-state index contributed by atoms with van der Waals surface area (Å²) in [7, 11) is -0.359. The molecule has 1 amide bonds. The molecule has 0 unspecified atom stereocenters. The number of benzene rings is 1. The minimum absolute atomic E-state index is 0.0499. The zero-order valence-corrected chi connectivity index (χ0v) is 13.6. The quantitative estimate of drug-likeness (QED) is 0.809. The molecule has 0 bridgehead atoms. The lowest BCUT2D eigenvalue weighted by molar-refractivity contribution is -0.116. The predicted octanol–water partition coefficient (Wildman–Crippen LogP) is 1.07. The van der Waals surface area contributed by atoms with Gasteiger partial charge in [-0.05, 0) is 25.0 Å². The Hall–Kier alpha value is -1.80. The van der Waals surface area contributed by atoms with Crippen LogP contribution in [0.2, 0.25) is 0 Å². The number of anilines is 1. The molecule has 0 aromatic heterocycles. The first kappa shape index (κ1) is 16.6. The van der Waals surface area contributed by atoms with E-state index in [0.717, 1.165) is 19.1 Å². The maximum absolute atomic E-state index is 12.1. The molecule has 22 heavy (non-hydrogen) atoms. The normalized spacial score (nSPS) is 14.7. The molecule has 1 fully saturated rings. The molecule has 122 valence electrons. The van der Waals surface area contributed by atoms with Crippen molar-refractivity contribution < 1.29 is 22.7 Å². The lowest BCUT2D eigenvalue weighted by Crippen LogP contribution is -2.38. The van der Waals surface area contributed by atoms with Crippen LogP contribution in [-0.4, -0.2) is 51.7 Å². The Bertz CT molecular complexity index is 655. The molecule has 0 saturated heterocycles. The third-order valence-corrected chi connectivity index (χ3v) is 4.63. The number of ether oxygens (including phenoxy) is 2. The highest BCUT2D eigenvalue weighted by Gasteiger charge is 2.36. The van der Waals surface area contributed by atoms with E-state index in [1.54, 1.807) is 18.2 Å². The fourth-order valence-corrected chi connectivity index (χ4v) is 3.24. The molecule has 0 atom stereocenters. The summed E-state index contributed by atoms with van der Waals surface area (Å²) in [5, 5.41) is 2.67. The summed E-state index contributed by atoms with van der Waals surface area (Å²) in [6.45, 7) is -0.183. The number of rotatable bonds is 7. The molecule has 0 spiro atoms. The summed E-state index contributed by atoms with van der Waals surface area (Å²) in [6.07, 6.45) is 2.72. The van der Waals surface area contributed by atoms with E-state index in [0.29, 0.717) is 17.2 Å². The number of nitrogens with zero attached hydrogens (tertiary/aromatic N) is 1. The number of carbonyl (C=O) groups is 1. The highest BCUT2D eigenvalue weighted by Crippen LogP contribution is 2.30. The standard InChI is InChI=1S/C14H20N2O5S/c1-20-12-7-4-10(8-13(12)21-2)15-14(17)9-16(11-5-6-11)22(3,18)19/h4,7-8,11H,5-6,9H2,1-3H3,(H,15,17). The zero-order chi connectivity index (χ0) is 16.3. The Labute approximate surface area is 130 Å². The van der Waals surface area contributed by atoms with Gasteiger partial charge in [-0.15, -0.1) is 0 Å². The summed E-state index contributed by atoms with van der Waals surface area (Å²) in [5.41, 5.74) is 0.520. The van der Waals surface area contributed by atoms with Crippen LogP contribution in [-0.2, 0) is 14.8 Å². The molecule has 2 rings (SSSR count). The Balaban J connectivity index is 2.05. The highest BCUT2D eigenvalue weighted by molar-refractivity contribution is 7.88. The van der Waals surface area contributed by atoms with Crippen LogP contribution in [0.25, 0.3) is 0 Å². The molecular formula is C14H20N2O5S. The summed E-state index contributed by atoms with van der Waals surface area (Å²) in [5.74, 6) is 0.656. The van der Waals surface area contributed by atoms with Crippen molar-refractivity contribution in [2.75, 3.05) is 32.3 Å². The van der Waals surface area contributed by atoms with Gasteiger partial charge in [0.2, 0.25) is 15.9 Å². The van der Waals surface area contributed by atoms with Crippen LogP contribution in [0.4, 0.5) is 5.69 Å². The van der Waals surface area contributed by atoms with Gasteiger partial charge < -0.3 is 14.8 Å². The van der Waals surface area contributed by atoms with E-state index in [1.165, 1.54) is 18.5 Å². The Morgan fingerprint density at radius 3 is 2.41 bits per heavy atom.